The van der Waals surface area contributed by atoms with E-state index >= 15 is 0 Å². The molecule has 0 spiro atoms. The highest BCUT2D eigenvalue weighted by molar-refractivity contribution is 5.90. The van der Waals surface area contributed by atoms with Crippen LogP contribution in [0, 0.1) is 5.82 Å². The van der Waals surface area contributed by atoms with Crippen molar-refractivity contribution in [1.82, 2.24) is 20.1 Å². The number of H-pyrrole nitrogens is 1. The second-order valence-corrected chi connectivity index (χ2v) is 4.97. The zero-order valence-corrected chi connectivity index (χ0v) is 12.4. The quantitative estimate of drug-likeness (QED) is 0.921. The summed E-state index contributed by atoms with van der Waals surface area (Å²) in [6, 6.07) is 6.03. The molecule has 1 amide bonds. The predicted octanol–water partition coefficient (Wildman–Crippen LogP) is 2.73. The normalized spacial score (nSPS) is 12.2. The van der Waals surface area contributed by atoms with E-state index in [1.807, 2.05) is 6.92 Å². The summed E-state index contributed by atoms with van der Waals surface area (Å²) >= 11 is 0. The average molecular weight is 290 g/mol. The zero-order chi connectivity index (χ0) is 15.4. The van der Waals surface area contributed by atoms with Gasteiger partial charge >= 0.3 is 0 Å². The van der Waals surface area contributed by atoms with Crippen LogP contribution in [0.1, 0.15) is 48.3 Å². The summed E-state index contributed by atoms with van der Waals surface area (Å²) < 4.78 is 13.8. The molecule has 0 fully saturated rings. The number of carbonyl (C=O) groups excluding carboxylic acids is 1. The molecule has 2 rings (SSSR count). The van der Waals surface area contributed by atoms with Gasteiger partial charge in [0.1, 0.15) is 11.6 Å². The lowest BCUT2D eigenvalue weighted by Gasteiger charge is -2.24. The highest BCUT2D eigenvalue weighted by Crippen LogP contribution is 2.22. The maximum absolute atomic E-state index is 13.8. The van der Waals surface area contributed by atoms with Gasteiger partial charge in [-0.15, -0.1) is 5.10 Å². The van der Waals surface area contributed by atoms with Gasteiger partial charge in [-0.25, -0.2) is 9.37 Å². The monoisotopic (exact) mass is 290 g/mol. The molecule has 0 radical (unpaired) electrons. The Morgan fingerprint density at radius 2 is 2.14 bits per heavy atom. The Labute approximate surface area is 123 Å². The van der Waals surface area contributed by atoms with E-state index in [0.29, 0.717) is 11.4 Å². The summed E-state index contributed by atoms with van der Waals surface area (Å²) in [4.78, 5) is 18.0. The summed E-state index contributed by atoms with van der Waals surface area (Å²) in [6.07, 6.45) is 1.66. The summed E-state index contributed by atoms with van der Waals surface area (Å²) in [5, 5.41) is 6.68. The molecule has 0 saturated heterocycles. The number of halogens is 1. The largest absolute Gasteiger partial charge is 0.332 e. The summed E-state index contributed by atoms with van der Waals surface area (Å²) in [6.45, 7) is 3.80. The van der Waals surface area contributed by atoms with Crippen LogP contribution in [0.4, 0.5) is 4.39 Å². The molecule has 5 nitrogen and oxygen atoms in total. The molecule has 0 aliphatic carbocycles. The van der Waals surface area contributed by atoms with E-state index in [9.17, 15) is 9.18 Å². The molecule has 21 heavy (non-hydrogen) atoms. The molecular formula is C15H19FN4O. The van der Waals surface area contributed by atoms with Gasteiger partial charge in [0.2, 0.25) is 5.82 Å². The number of amides is 1. The second kappa shape index (κ2) is 6.47. The van der Waals surface area contributed by atoms with E-state index in [4.69, 9.17) is 0 Å². The first-order valence-corrected chi connectivity index (χ1v) is 6.97. The Kier molecular flexibility index (Phi) is 4.67. The van der Waals surface area contributed by atoms with Crippen LogP contribution < -0.4 is 0 Å². The lowest BCUT2D eigenvalue weighted by molar-refractivity contribution is 0.0728. The van der Waals surface area contributed by atoms with Crippen molar-refractivity contribution < 1.29 is 9.18 Å². The minimum atomic E-state index is -0.396. The van der Waals surface area contributed by atoms with Crippen molar-refractivity contribution in [2.45, 2.75) is 32.7 Å². The van der Waals surface area contributed by atoms with Crippen molar-refractivity contribution in [1.29, 1.82) is 0 Å². The minimum Gasteiger partial charge on any atom is -0.332 e. The Bertz CT molecular complexity index is 626. The molecule has 0 bridgehead atoms. The van der Waals surface area contributed by atoms with Gasteiger partial charge in [-0.05, 0) is 19.4 Å². The molecule has 0 saturated carbocycles. The summed E-state index contributed by atoms with van der Waals surface area (Å²) in [5.41, 5.74) is 0.470. The Hall–Kier alpha value is -2.24. The minimum absolute atomic E-state index is 0.115. The molecule has 1 atom stereocenters. The van der Waals surface area contributed by atoms with Crippen molar-refractivity contribution in [2.24, 2.45) is 0 Å². The summed E-state index contributed by atoms with van der Waals surface area (Å²) in [7, 11) is 1.62. The van der Waals surface area contributed by atoms with E-state index in [2.05, 4.69) is 15.2 Å². The Morgan fingerprint density at radius 1 is 1.43 bits per heavy atom. The zero-order valence-electron chi connectivity index (χ0n) is 12.4. The van der Waals surface area contributed by atoms with Crippen molar-refractivity contribution in [3.8, 4) is 0 Å². The van der Waals surface area contributed by atoms with Gasteiger partial charge in [0.15, 0.2) is 0 Å². The molecule has 1 aromatic carbocycles. The molecular weight excluding hydrogens is 271 g/mol. The van der Waals surface area contributed by atoms with Crippen LogP contribution in [-0.4, -0.2) is 33.0 Å². The molecule has 1 unspecified atom stereocenters. The molecule has 1 aromatic heterocycles. The number of hydrogen-bond donors (Lipinski definition) is 1. The molecule has 0 aliphatic rings. The second-order valence-electron chi connectivity index (χ2n) is 4.97. The third kappa shape index (κ3) is 3.26. The molecule has 2 aromatic rings. The van der Waals surface area contributed by atoms with Crippen LogP contribution >= 0.6 is 0 Å². The third-order valence-corrected chi connectivity index (χ3v) is 3.47. The number of aromatic nitrogens is 3. The standard InChI is InChI=1S/C15H19FN4O/c1-4-7-13-17-14(19-18-13)15(21)20(3)10(2)11-8-5-6-9-12(11)16/h5-6,8-10H,4,7H2,1-3H3,(H,17,18,19). The van der Waals surface area contributed by atoms with E-state index in [0.717, 1.165) is 12.8 Å². The summed E-state index contributed by atoms with van der Waals surface area (Å²) in [5.74, 6) is 0.146. The number of aryl methyl sites for hydroxylation is 1. The fourth-order valence-electron chi connectivity index (χ4n) is 2.10. The molecule has 6 heteroatoms. The van der Waals surface area contributed by atoms with E-state index in [1.54, 1.807) is 32.2 Å². The van der Waals surface area contributed by atoms with Crippen molar-refractivity contribution in [3.05, 3.63) is 47.3 Å². The first-order chi connectivity index (χ1) is 10.0. The predicted molar refractivity (Wildman–Crippen MR) is 77.3 cm³/mol. The van der Waals surface area contributed by atoms with E-state index in [1.165, 1.54) is 11.0 Å². The van der Waals surface area contributed by atoms with Crippen molar-refractivity contribution >= 4 is 5.91 Å². The highest BCUT2D eigenvalue weighted by atomic mass is 19.1. The van der Waals surface area contributed by atoms with Crippen LogP contribution in [-0.2, 0) is 6.42 Å². The topological polar surface area (TPSA) is 61.9 Å². The maximum Gasteiger partial charge on any atom is 0.293 e. The number of rotatable bonds is 5. The number of benzene rings is 1. The number of nitrogens with zero attached hydrogens (tertiary/aromatic N) is 3. The third-order valence-electron chi connectivity index (χ3n) is 3.47. The van der Waals surface area contributed by atoms with Gasteiger partial charge in [-0.1, -0.05) is 25.1 Å². The van der Waals surface area contributed by atoms with Crippen LogP contribution in [0.2, 0.25) is 0 Å². The lowest BCUT2D eigenvalue weighted by atomic mass is 10.1. The number of aromatic amines is 1. The van der Waals surface area contributed by atoms with Crippen molar-refractivity contribution in [2.75, 3.05) is 7.05 Å². The van der Waals surface area contributed by atoms with Gasteiger partial charge in [0.25, 0.3) is 5.91 Å². The van der Waals surface area contributed by atoms with Gasteiger partial charge in [0, 0.05) is 19.0 Å². The SMILES string of the molecule is CCCc1nc(C(=O)N(C)C(C)c2ccccc2F)n[nH]1. The molecule has 112 valence electrons. The van der Waals surface area contributed by atoms with Gasteiger partial charge < -0.3 is 4.90 Å². The molecule has 1 N–H and O–H groups in total. The Morgan fingerprint density at radius 3 is 2.81 bits per heavy atom. The lowest BCUT2D eigenvalue weighted by Crippen LogP contribution is -2.31. The number of nitrogens with one attached hydrogen (secondary N) is 1. The highest BCUT2D eigenvalue weighted by Gasteiger charge is 2.23. The van der Waals surface area contributed by atoms with Crippen LogP contribution in [0.15, 0.2) is 24.3 Å². The maximum atomic E-state index is 13.8. The first-order valence-electron chi connectivity index (χ1n) is 6.97. The van der Waals surface area contributed by atoms with Crippen LogP contribution in [0.5, 0.6) is 0 Å². The molecule has 1 heterocycles. The fourth-order valence-corrected chi connectivity index (χ4v) is 2.10. The van der Waals surface area contributed by atoms with Crippen molar-refractivity contribution in [3.63, 3.8) is 0 Å². The van der Waals surface area contributed by atoms with Crippen LogP contribution in [0.3, 0.4) is 0 Å². The van der Waals surface area contributed by atoms with Gasteiger partial charge in [0.05, 0.1) is 6.04 Å². The number of carbonyl (C=O) groups is 1. The smallest absolute Gasteiger partial charge is 0.293 e. The van der Waals surface area contributed by atoms with E-state index < -0.39 is 6.04 Å². The van der Waals surface area contributed by atoms with Gasteiger partial charge in [-0.2, -0.15) is 0 Å². The fraction of sp³-hybridized carbons (Fsp3) is 0.400. The van der Waals surface area contributed by atoms with E-state index in [-0.39, 0.29) is 17.5 Å². The molecule has 0 aliphatic heterocycles. The van der Waals surface area contributed by atoms with Gasteiger partial charge in [-0.3, -0.25) is 9.89 Å². The number of hydrogen-bond acceptors (Lipinski definition) is 3. The van der Waals surface area contributed by atoms with Crippen LogP contribution in [0.25, 0.3) is 0 Å². The Balaban J connectivity index is 2.16. The average Bonchev–Trinajstić information content (AvgIpc) is 2.94. The first kappa shape index (κ1) is 15.2.